The van der Waals surface area contributed by atoms with Crippen LogP contribution in [0.4, 0.5) is 0 Å². The Labute approximate surface area is 103 Å². The van der Waals surface area contributed by atoms with Gasteiger partial charge in [-0.2, -0.15) is 0 Å². The Balaban J connectivity index is 2.45. The number of hydrogen-bond acceptors (Lipinski definition) is 4. The predicted octanol–water partition coefficient (Wildman–Crippen LogP) is 2.24. The highest BCUT2D eigenvalue weighted by Crippen LogP contribution is 2.36. The molecule has 90 valence electrons. The molecule has 0 N–H and O–H groups in total. The molecule has 0 atom stereocenters. The SMILES string of the molecule is COc1cc2c3c(cc(OC)cc3c1)C(=O)C2=O. The average molecular weight is 242 g/mol. The molecule has 2 aromatic carbocycles. The Morgan fingerprint density at radius 3 is 1.61 bits per heavy atom. The van der Waals surface area contributed by atoms with E-state index in [1.807, 2.05) is 0 Å². The van der Waals surface area contributed by atoms with Crippen molar-refractivity contribution < 1.29 is 19.1 Å². The van der Waals surface area contributed by atoms with Gasteiger partial charge in [-0.15, -0.1) is 0 Å². The lowest BCUT2D eigenvalue weighted by Gasteiger charge is -2.06. The van der Waals surface area contributed by atoms with Gasteiger partial charge in [-0.3, -0.25) is 9.59 Å². The highest BCUT2D eigenvalue weighted by Gasteiger charge is 2.32. The molecule has 0 aromatic heterocycles. The average Bonchev–Trinajstić information content (AvgIpc) is 2.65. The van der Waals surface area contributed by atoms with Gasteiger partial charge in [-0.1, -0.05) is 0 Å². The van der Waals surface area contributed by atoms with E-state index in [0.29, 0.717) is 28.0 Å². The molecule has 1 aliphatic rings. The van der Waals surface area contributed by atoms with E-state index in [1.54, 1.807) is 24.3 Å². The summed E-state index contributed by atoms with van der Waals surface area (Å²) < 4.78 is 10.3. The Morgan fingerprint density at radius 2 is 1.22 bits per heavy atom. The molecule has 2 aromatic rings. The van der Waals surface area contributed by atoms with Crippen molar-refractivity contribution in [3.05, 3.63) is 35.4 Å². The van der Waals surface area contributed by atoms with Gasteiger partial charge in [0.25, 0.3) is 0 Å². The highest BCUT2D eigenvalue weighted by molar-refractivity contribution is 6.57. The lowest BCUT2D eigenvalue weighted by Crippen LogP contribution is -2.06. The van der Waals surface area contributed by atoms with E-state index in [9.17, 15) is 9.59 Å². The summed E-state index contributed by atoms with van der Waals surface area (Å²) in [6.07, 6.45) is 0. The van der Waals surface area contributed by atoms with Gasteiger partial charge in [0.15, 0.2) is 0 Å². The molecule has 4 heteroatoms. The molecule has 4 nitrogen and oxygen atoms in total. The van der Waals surface area contributed by atoms with Crippen LogP contribution in [0, 0.1) is 0 Å². The van der Waals surface area contributed by atoms with Gasteiger partial charge < -0.3 is 9.47 Å². The lowest BCUT2D eigenvalue weighted by atomic mass is 10.0. The largest absolute Gasteiger partial charge is 0.497 e. The van der Waals surface area contributed by atoms with Crippen molar-refractivity contribution in [1.29, 1.82) is 0 Å². The van der Waals surface area contributed by atoms with Crippen molar-refractivity contribution in [2.24, 2.45) is 0 Å². The third-order valence-electron chi connectivity index (χ3n) is 3.16. The summed E-state index contributed by atoms with van der Waals surface area (Å²) in [5.74, 6) is 0.142. The van der Waals surface area contributed by atoms with Gasteiger partial charge in [0.2, 0.25) is 11.6 Å². The van der Waals surface area contributed by atoms with Crippen molar-refractivity contribution in [3.63, 3.8) is 0 Å². The highest BCUT2D eigenvalue weighted by atomic mass is 16.5. The Bertz CT molecular complexity index is 644. The van der Waals surface area contributed by atoms with Crippen LogP contribution >= 0.6 is 0 Å². The van der Waals surface area contributed by atoms with E-state index >= 15 is 0 Å². The Hall–Kier alpha value is -2.36. The van der Waals surface area contributed by atoms with E-state index in [0.717, 1.165) is 5.39 Å². The van der Waals surface area contributed by atoms with E-state index in [1.165, 1.54) is 14.2 Å². The number of ether oxygens (including phenoxy) is 2. The summed E-state index contributed by atoms with van der Waals surface area (Å²) >= 11 is 0. The van der Waals surface area contributed by atoms with E-state index in [2.05, 4.69) is 0 Å². The van der Waals surface area contributed by atoms with Crippen LogP contribution in [0.1, 0.15) is 20.7 Å². The maximum absolute atomic E-state index is 11.9. The van der Waals surface area contributed by atoms with Crippen molar-refractivity contribution in [2.75, 3.05) is 14.2 Å². The molecule has 0 bridgehead atoms. The van der Waals surface area contributed by atoms with Crippen LogP contribution in [-0.2, 0) is 0 Å². The minimum Gasteiger partial charge on any atom is -0.497 e. The summed E-state index contributed by atoms with van der Waals surface area (Å²) in [5.41, 5.74) is 0.819. The summed E-state index contributed by atoms with van der Waals surface area (Å²) in [6, 6.07) is 6.78. The molecule has 0 amide bonds. The normalized spacial score (nSPS) is 13.2. The molecule has 3 rings (SSSR count). The van der Waals surface area contributed by atoms with Crippen LogP contribution < -0.4 is 9.47 Å². The van der Waals surface area contributed by atoms with Gasteiger partial charge >= 0.3 is 0 Å². The summed E-state index contributed by atoms with van der Waals surface area (Å²) in [4.78, 5) is 23.8. The minimum atomic E-state index is -0.484. The smallest absolute Gasteiger partial charge is 0.234 e. The van der Waals surface area contributed by atoms with Crippen molar-refractivity contribution >= 4 is 22.3 Å². The first-order valence-electron chi connectivity index (χ1n) is 5.44. The number of carbonyl (C=O) groups excluding carboxylic acids is 2. The third-order valence-corrected chi connectivity index (χ3v) is 3.16. The fourth-order valence-corrected chi connectivity index (χ4v) is 2.30. The zero-order chi connectivity index (χ0) is 12.9. The molecule has 18 heavy (non-hydrogen) atoms. The Kier molecular flexibility index (Phi) is 2.13. The van der Waals surface area contributed by atoms with Crippen LogP contribution in [0.25, 0.3) is 10.8 Å². The number of carbonyl (C=O) groups is 2. The molecular weight excluding hydrogens is 232 g/mol. The number of rotatable bonds is 2. The maximum Gasteiger partial charge on any atom is 0.234 e. The summed E-state index contributed by atoms with van der Waals surface area (Å²) in [5, 5.41) is 1.46. The molecule has 0 saturated carbocycles. The van der Waals surface area contributed by atoms with Crippen LogP contribution in [-0.4, -0.2) is 25.8 Å². The second-order valence-electron chi connectivity index (χ2n) is 4.11. The van der Waals surface area contributed by atoms with Crippen LogP contribution in [0.15, 0.2) is 24.3 Å². The van der Waals surface area contributed by atoms with Crippen molar-refractivity contribution in [3.8, 4) is 11.5 Å². The molecule has 1 aliphatic carbocycles. The van der Waals surface area contributed by atoms with Crippen LogP contribution in [0.5, 0.6) is 11.5 Å². The van der Waals surface area contributed by atoms with E-state index in [4.69, 9.17) is 9.47 Å². The zero-order valence-corrected chi connectivity index (χ0v) is 9.94. The predicted molar refractivity (Wildman–Crippen MR) is 65.7 cm³/mol. The van der Waals surface area contributed by atoms with Crippen LogP contribution in [0.3, 0.4) is 0 Å². The summed E-state index contributed by atoms with van der Waals surface area (Å²) in [6.45, 7) is 0. The maximum atomic E-state index is 11.9. The van der Waals surface area contributed by atoms with E-state index < -0.39 is 11.6 Å². The summed E-state index contributed by atoms with van der Waals surface area (Å²) in [7, 11) is 3.05. The molecule has 0 radical (unpaired) electrons. The fourth-order valence-electron chi connectivity index (χ4n) is 2.30. The fraction of sp³-hybridized carbons (Fsp3) is 0.143. The molecular formula is C14H10O4. The standard InChI is InChI=1S/C14H10O4/c1-17-8-3-7-4-9(18-2)6-11-12(7)10(5-8)13(15)14(11)16/h3-6H,1-2H3. The quantitative estimate of drug-likeness (QED) is 0.758. The first kappa shape index (κ1) is 10.8. The van der Waals surface area contributed by atoms with E-state index in [-0.39, 0.29) is 0 Å². The van der Waals surface area contributed by atoms with Gasteiger partial charge in [0.05, 0.1) is 14.2 Å². The topological polar surface area (TPSA) is 52.6 Å². The first-order chi connectivity index (χ1) is 8.65. The second-order valence-corrected chi connectivity index (χ2v) is 4.11. The number of Topliss-reactive ketones (excluding diaryl/α,β-unsaturated/α-hetero) is 2. The monoisotopic (exact) mass is 242 g/mol. The molecule has 0 unspecified atom stereocenters. The molecule has 0 fully saturated rings. The third kappa shape index (κ3) is 1.26. The van der Waals surface area contributed by atoms with Gasteiger partial charge in [0.1, 0.15) is 11.5 Å². The van der Waals surface area contributed by atoms with Crippen molar-refractivity contribution in [2.45, 2.75) is 0 Å². The van der Waals surface area contributed by atoms with Gasteiger partial charge in [-0.05, 0) is 29.7 Å². The lowest BCUT2D eigenvalue weighted by molar-refractivity contribution is 0.0825. The first-order valence-corrected chi connectivity index (χ1v) is 5.44. The number of ketones is 2. The molecule has 0 heterocycles. The zero-order valence-electron chi connectivity index (χ0n) is 9.94. The van der Waals surface area contributed by atoms with Gasteiger partial charge in [-0.25, -0.2) is 0 Å². The number of hydrogen-bond donors (Lipinski definition) is 0. The molecule has 0 saturated heterocycles. The second kappa shape index (κ2) is 3.57. The van der Waals surface area contributed by atoms with Crippen LogP contribution in [0.2, 0.25) is 0 Å². The minimum absolute atomic E-state index is 0.409. The molecule has 0 aliphatic heterocycles. The molecule has 0 spiro atoms. The van der Waals surface area contributed by atoms with Gasteiger partial charge in [0, 0.05) is 16.5 Å². The Morgan fingerprint density at radius 1 is 0.778 bits per heavy atom. The number of benzene rings is 2. The van der Waals surface area contributed by atoms with Crippen molar-refractivity contribution in [1.82, 2.24) is 0 Å². The number of methoxy groups -OCH3 is 2.